The van der Waals surface area contributed by atoms with E-state index >= 15 is 0 Å². The first-order chi connectivity index (χ1) is 15.8. The van der Waals surface area contributed by atoms with Crippen molar-refractivity contribution in [1.29, 1.82) is 0 Å². The molecule has 2 aliphatic heterocycles. The zero-order valence-corrected chi connectivity index (χ0v) is 22.2. The van der Waals surface area contributed by atoms with Crippen LogP contribution in [0, 0.1) is 10.8 Å². The third kappa shape index (κ3) is 5.94. The van der Waals surface area contributed by atoms with E-state index in [0.717, 1.165) is 0 Å². The van der Waals surface area contributed by atoms with Gasteiger partial charge in [0.05, 0.1) is 11.8 Å². The van der Waals surface area contributed by atoms with Crippen molar-refractivity contribution in [3.8, 4) is 0 Å². The Labute approximate surface area is 208 Å². The van der Waals surface area contributed by atoms with Gasteiger partial charge >= 0.3 is 0 Å². The van der Waals surface area contributed by atoms with Crippen molar-refractivity contribution < 1.29 is 28.8 Å². The average molecular weight is 515 g/mol. The van der Waals surface area contributed by atoms with Crippen LogP contribution in [0.15, 0.2) is 0 Å². The van der Waals surface area contributed by atoms with E-state index in [2.05, 4.69) is 10.9 Å². The second-order valence-electron chi connectivity index (χ2n) is 9.69. The minimum atomic E-state index is -0.906. The third-order valence-corrected chi connectivity index (χ3v) is 8.61. The number of rotatable bonds is 8. The van der Waals surface area contributed by atoms with Crippen LogP contribution in [0.2, 0.25) is 0 Å². The number of ketones is 2. The monoisotopic (exact) mass is 514 g/mol. The number of nitrogens with one attached hydrogen (secondary N) is 2. The summed E-state index contributed by atoms with van der Waals surface area (Å²) in [5.41, 5.74) is 2.97. The Morgan fingerprint density at radius 2 is 1.03 bits per heavy atom. The number of hydrogen-bond donors (Lipinski definition) is 2. The Kier molecular flexibility index (Phi) is 9.20. The molecule has 0 saturated carbocycles. The molecule has 10 nitrogen and oxygen atoms in total. The van der Waals surface area contributed by atoms with Crippen LogP contribution in [-0.2, 0) is 28.8 Å². The average Bonchev–Trinajstić information content (AvgIpc) is 3.50. The van der Waals surface area contributed by atoms with Crippen LogP contribution in [0.25, 0.3) is 0 Å². The Bertz CT molecular complexity index is 805. The summed E-state index contributed by atoms with van der Waals surface area (Å²) < 4.78 is 0. The SMILES string of the molecule is CCC(C)(C)C(=O)C(=O)N1CSCC1C(=O)NNC(=O)[C@@H]1CSCN1C(=O)C(=O)C(C)(C)CC. The van der Waals surface area contributed by atoms with Gasteiger partial charge < -0.3 is 9.80 Å². The number of Topliss-reactive ketones (excluding diaryl/α,β-unsaturated/α-hetero) is 2. The molecule has 0 aliphatic carbocycles. The van der Waals surface area contributed by atoms with E-state index in [9.17, 15) is 28.8 Å². The second-order valence-corrected chi connectivity index (χ2v) is 11.7. The molecule has 2 saturated heterocycles. The maximum atomic E-state index is 12.7. The maximum absolute atomic E-state index is 12.7. The van der Waals surface area contributed by atoms with Crippen molar-refractivity contribution in [1.82, 2.24) is 20.7 Å². The number of hydrogen-bond acceptors (Lipinski definition) is 8. The molecule has 0 aromatic carbocycles. The first kappa shape index (κ1) is 28.2. The van der Waals surface area contributed by atoms with Crippen molar-refractivity contribution in [2.45, 2.75) is 66.5 Å². The lowest BCUT2D eigenvalue weighted by atomic mass is 9.84. The van der Waals surface area contributed by atoms with Crippen LogP contribution in [0.1, 0.15) is 54.4 Å². The molecule has 2 fully saturated rings. The maximum Gasteiger partial charge on any atom is 0.291 e. The van der Waals surface area contributed by atoms with Crippen LogP contribution in [-0.4, -0.2) is 80.3 Å². The quantitative estimate of drug-likeness (QED) is 0.361. The van der Waals surface area contributed by atoms with Gasteiger partial charge in [0.15, 0.2) is 0 Å². The summed E-state index contributed by atoms with van der Waals surface area (Å²) in [6.45, 7) is 10.4. The molecule has 0 aromatic heterocycles. The van der Waals surface area contributed by atoms with E-state index < -0.39 is 58.1 Å². The fourth-order valence-corrected chi connectivity index (χ4v) is 5.48. The minimum Gasteiger partial charge on any atom is -0.314 e. The predicted octanol–water partition coefficient (Wildman–Crippen LogP) is 0.947. The minimum absolute atomic E-state index is 0.202. The molecule has 4 amide bonds. The number of carbonyl (C=O) groups excluding carboxylic acids is 6. The molecule has 0 radical (unpaired) electrons. The van der Waals surface area contributed by atoms with Crippen molar-refractivity contribution in [2.24, 2.45) is 10.8 Å². The van der Waals surface area contributed by atoms with Crippen LogP contribution in [0.4, 0.5) is 0 Å². The largest absolute Gasteiger partial charge is 0.314 e. The van der Waals surface area contributed by atoms with E-state index in [0.29, 0.717) is 12.8 Å². The topological polar surface area (TPSA) is 133 Å². The fraction of sp³-hybridized carbons (Fsp3) is 0.727. The van der Waals surface area contributed by atoms with Crippen molar-refractivity contribution in [3.05, 3.63) is 0 Å². The summed E-state index contributed by atoms with van der Waals surface area (Å²) in [5.74, 6) is -2.82. The Hall–Kier alpha value is -2.08. The van der Waals surface area contributed by atoms with Crippen LogP contribution < -0.4 is 10.9 Å². The number of thioether (sulfide) groups is 2. The zero-order chi connectivity index (χ0) is 25.8. The standard InChI is InChI=1S/C22H34N4O6S2/c1-7-21(3,4)15(27)19(31)25-11-33-9-13(25)17(29)23-24-18(30)14-10-34-12-26(14)20(32)16(28)22(5,6)8-2/h13-14H,7-12H2,1-6H3,(H,23,29)(H,24,30)/t13-,14?/m0/s1. The molecule has 0 spiro atoms. The van der Waals surface area contributed by atoms with E-state index in [4.69, 9.17) is 0 Å². The van der Waals surface area contributed by atoms with E-state index in [1.807, 2.05) is 13.8 Å². The third-order valence-electron chi connectivity index (χ3n) is 6.59. The highest BCUT2D eigenvalue weighted by molar-refractivity contribution is 7.99. The first-order valence-corrected chi connectivity index (χ1v) is 13.6. The zero-order valence-electron chi connectivity index (χ0n) is 20.6. The summed E-state index contributed by atoms with van der Waals surface area (Å²) in [5, 5.41) is 0. The molecule has 2 atom stereocenters. The van der Waals surface area contributed by atoms with Crippen LogP contribution in [0.5, 0.6) is 0 Å². The summed E-state index contributed by atoms with van der Waals surface area (Å²) in [7, 11) is 0. The van der Waals surface area contributed by atoms with E-state index in [1.54, 1.807) is 27.7 Å². The molecule has 2 heterocycles. The number of hydrazine groups is 1. The van der Waals surface area contributed by atoms with Gasteiger partial charge in [-0.25, -0.2) is 0 Å². The van der Waals surface area contributed by atoms with Crippen molar-refractivity contribution >= 4 is 58.7 Å². The van der Waals surface area contributed by atoms with Gasteiger partial charge in [-0.15, -0.1) is 23.5 Å². The lowest BCUT2D eigenvalue weighted by Gasteiger charge is -2.28. The van der Waals surface area contributed by atoms with Gasteiger partial charge in [0, 0.05) is 22.3 Å². The smallest absolute Gasteiger partial charge is 0.291 e. The highest BCUT2D eigenvalue weighted by Gasteiger charge is 2.43. The molecule has 0 bridgehead atoms. The van der Waals surface area contributed by atoms with Gasteiger partial charge in [-0.2, -0.15) is 0 Å². The summed E-state index contributed by atoms with van der Waals surface area (Å²) in [6, 6.07) is -1.81. The molecule has 34 heavy (non-hydrogen) atoms. The van der Waals surface area contributed by atoms with E-state index in [-0.39, 0.29) is 23.3 Å². The molecule has 1 unspecified atom stereocenters. The molecule has 0 aromatic rings. The number of carbonyl (C=O) groups is 6. The Morgan fingerprint density at radius 3 is 1.32 bits per heavy atom. The summed E-state index contributed by atoms with van der Waals surface area (Å²) in [4.78, 5) is 78.5. The summed E-state index contributed by atoms with van der Waals surface area (Å²) in [6.07, 6.45) is 0.968. The fourth-order valence-electron chi connectivity index (χ4n) is 3.17. The van der Waals surface area contributed by atoms with Gasteiger partial charge in [-0.1, -0.05) is 41.5 Å². The Morgan fingerprint density at radius 1 is 0.706 bits per heavy atom. The van der Waals surface area contributed by atoms with E-state index in [1.165, 1.54) is 33.3 Å². The molecule has 2 rings (SSSR count). The van der Waals surface area contributed by atoms with Gasteiger partial charge in [0.25, 0.3) is 23.6 Å². The molecule has 190 valence electrons. The van der Waals surface area contributed by atoms with Crippen LogP contribution in [0.3, 0.4) is 0 Å². The predicted molar refractivity (Wildman–Crippen MR) is 130 cm³/mol. The van der Waals surface area contributed by atoms with Gasteiger partial charge in [0.2, 0.25) is 11.6 Å². The van der Waals surface area contributed by atoms with Crippen molar-refractivity contribution in [2.75, 3.05) is 23.3 Å². The van der Waals surface area contributed by atoms with Gasteiger partial charge in [-0.3, -0.25) is 39.6 Å². The molecular formula is C22H34N4O6S2. The van der Waals surface area contributed by atoms with Gasteiger partial charge in [0.1, 0.15) is 12.1 Å². The lowest BCUT2D eigenvalue weighted by molar-refractivity contribution is -0.152. The van der Waals surface area contributed by atoms with Crippen molar-refractivity contribution in [3.63, 3.8) is 0 Å². The first-order valence-electron chi connectivity index (χ1n) is 11.2. The second kappa shape index (κ2) is 11.1. The molecule has 2 N–H and O–H groups in total. The van der Waals surface area contributed by atoms with Crippen LogP contribution >= 0.6 is 23.5 Å². The number of amides is 4. The van der Waals surface area contributed by atoms with Gasteiger partial charge in [-0.05, 0) is 12.8 Å². The number of nitrogens with zero attached hydrogens (tertiary/aromatic N) is 2. The highest BCUT2D eigenvalue weighted by Crippen LogP contribution is 2.28. The molecule has 12 heteroatoms. The lowest BCUT2D eigenvalue weighted by Crippen LogP contribution is -2.58. The normalized spacial score (nSPS) is 20.8. The molecular weight excluding hydrogens is 480 g/mol. The molecule has 2 aliphatic rings. The highest BCUT2D eigenvalue weighted by atomic mass is 32.2. The Balaban J connectivity index is 2.00. The summed E-state index contributed by atoms with van der Waals surface area (Å²) >= 11 is 2.68.